The molecule has 0 aliphatic heterocycles. The average molecular weight is 570 g/mol. The maximum Gasteiger partial charge on any atom is 0.221 e. The van der Waals surface area contributed by atoms with Crippen LogP contribution in [0.25, 0.3) is 22.5 Å². The zero-order chi connectivity index (χ0) is 28.6. The molecule has 9 nitrogen and oxygen atoms in total. The third-order valence-corrected chi connectivity index (χ3v) is 8.58. The molecule has 1 N–H and O–H groups in total. The Morgan fingerprint density at radius 1 is 0.857 bits per heavy atom. The van der Waals surface area contributed by atoms with E-state index in [4.69, 9.17) is 19.6 Å². The average Bonchev–Trinajstić information content (AvgIpc) is 3.72. The summed E-state index contributed by atoms with van der Waals surface area (Å²) < 4.78 is 15.3. The van der Waals surface area contributed by atoms with Gasteiger partial charge in [0, 0.05) is 18.5 Å². The Labute approximate surface area is 248 Å². The van der Waals surface area contributed by atoms with Gasteiger partial charge in [0.2, 0.25) is 17.9 Å². The van der Waals surface area contributed by atoms with Gasteiger partial charge in [-0.3, -0.25) is 0 Å². The van der Waals surface area contributed by atoms with Gasteiger partial charge >= 0.3 is 0 Å². The summed E-state index contributed by atoms with van der Waals surface area (Å²) >= 11 is 0. The molecule has 0 amide bonds. The van der Waals surface area contributed by atoms with Crippen molar-refractivity contribution in [2.45, 2.75) is 115 Å². The van der Waals surface area contributed by atoms with Crippen LogP contribution in [0.15, 0.2) is 48.5 Å². The van der Waals surface area contributed by atoms with Crippen molar-refractivity contribution in [3.8, 4) is 22.5 Å². The first-order valence-corrected chi connectivity index (χ1v) is 15.9. The number of rotatable bonds is 12. The molecule has 0 bridgehead atoms. The van der Waals surface area contributed by atoms with Crippen molar-refractivity contribution < 1.29 is 9.47 Å². The monoisotopic (exact) mass is 569 g/mol. The molecular formula is C33H43N7O2. The minimum absolute atomic E-state index is 0.223. The molecule has 0 atom stereocenters. The smallest absolute Gasteiger partial charge is 0.221 e. The molecule has 2 aliphatic rings. The molecule has 0 radical (unpaired) electrons. The van der Waals surface area contributed by atoms with Gasteiger partial charge < -0.3 is 9.47 Å². The van der Waals surface area contributed by atoms with Crippen LogP contribution in [0.1, 0.15) is 107 Å². The molecule has 6 rings (SSSR count). The summed E-state index contributed by atoms with van der Waals surface area (Å²) in [4.78, 5) is 5.09. The minimum Gasteiger partial charge on any atom is -0.342 e. The molecule has 2 fully saturated rings. The first-order valence-electron chi connectivity index (χ1n) is 15.9. The summed E-state index contributed by atoms with van der Waals surface area (Å²) in [6, 6.07) is 16.8. The number of unbranched alkanes of at least 4 members (excludes halogenated alkanes) is 1. The largest absolute Gasteiger partial charge is 0.342 e. The van der Waals surface area contributed by atoms with Crippen LogP contribution >= 0.6 is 0 Å². The van der Waals surface area contributed by atoms with Crippen molar-refractivity contribution in [3.05, 3.63) is 65.7 Å². The van der Waals surface area contributed by atoms with E-state index < -0.39 is 6.29 Å². The quantitative estimate of drug-likeness (QED) is 0.180. The van der Waals surface area contributed by atoms with Crippen molar-refractivity contribution >= 4 is 0 Å². The second-order valence-electron chi connectivity index (χ2n) is 11.7. The number of aromatic nitrogens is 7. The minimum atomic E-state index is -0.498. The summed E-state index contributed by atoms with van der Waals surface area (Å²) in [6.07, 6.45) is 14.7. The van der Waals surface area contributed by atoms with Crippen LogP contribution in [0.3, 0.4) is 0 Å². The summed E-state index contributed by atoms with van der Waals surface area (Å²) in [7, 11) is 0. The molecule has 2 aliphatic carbocycles. The maximum absolute atomic E-state index is 6.63. The van der Waals surface area contributed by atoms with Crippen LogP contribution in [0.2, 0.25) is 0 Å². The Balaban J connectivity index is 1.23. The highest BCUT2D eigenvalue weighted by atomic mass is 16.7. The van der Waals surface area contributed by atoms with Gasteiger partial charge in [-0.25, -0.2) is 9.67 Å². The van der Waals surface area contributed by atoms with E-state index in [1.807, 2.05) is 18.2 Å². The molecule has 2 saturated carbocycles. The first kappa shape index (κ1) is 28.7. The number of aryl methyl sites for hydroxylation is 1. The number of hydrogen-bond acceptors (Lipinski definition) is 7. The molecular weight excluding hydrogens is 526 g/mol. The third kappa shape index (κ3) is 7.13. The number of benzene rings is 2. The first-order chi connectivity index (χ1) is 20.8. The SMILES string of the molecule is CCCCn1nc(C(OC2CCCCC2)OC2CCCCC2)nc1Cc1ccc(-c2ccccc2-c2nn[nH]n2)cc1. The molecule has 42 heavy (non-hydrogen) atoms. The van der Waals surface area contributed by atoms with Crippen LogP contribution in [-0.4, -0.2) is 47.6 Å². The number of H-pyrrole nitrogens is 1. The van der Waals surface area contributed by atoms with Crippen LogP contribution in [0, 0.1) is 0 Å². The van der Waals surface area contributed by atoms with Crippen LogP contribution in [0.5, 0.6) is 0 Å². The lowest BCUT2D eigenvalue weighted by Gasteiger charge is -2.30. The van der Waals surface area contributed by atoms with E-state index in [0.717, 1.165) is 67.6 Å². The number of nitrogens with zero attached hydrogens (tertiary/aromatic N) is 6. The van der Waals surface area contributed by atoms with Crippen LogP contribution in [-0.2, 0) is 22.4 Å². The zero-order valence-electron chi connectivity index (χ0n) is 24.8. The second kappa shape index (κ2) is 14.2. The fourth-order valence-electron chi connectivity index (χ4n) is 6.21. The fourth-order valence-corrected chi connectivity index (χ4v) is 6.21. The van der Waals surface area contributed by atoms with E-state index in [-0.39, 0.29) is 12.2 Å². The number of tetrazole rings is 1. The topological polar surface area (TPSA) is 104 Å². The Morgan fingerprint density at radius 3 is 2.14 bits per heavy atom. The number of hydrogen-bond donors (Lipinski definition) is 1. The van der Waals surface area contributed by atoms with Crippen molar-refractivity contribution in [1.29, 1.82) is 0 Å². The van der Waals surface area contributed by atoms with Gasteiger partial charge in [0.05, 0.1) is 12.2 Å². The normalized spacial score (nSPS) is 16.8. The van der Waals surface area contributed by atoms with Gasteiger partial charge in [0.1, 0.15) is 5.82 Å². The third-order valence-electron chi connectivity index (χ3n) is 8.58. The lowest BCUT2D eigenvalue weighted by Crippen LogP contribution is -2.27. The molecule has 2 heterocycles. The molecule has 222 valence electrons. The lowest BCUT2D eigenvalue weighted by molar-refractivity contribution is -0.212. The van der Waals surface area contributed by atoms with Crippen molar-refractivity contribution in [3.63, 3.8) is 0 Å². The number of ether oxygens (including phenoxy) is 2. The van der Waals surface area contributed by atoms with E-state index in [2.05, 4.69) is 62.6 Å². The summed E-state index contributed by atoms with van der Waals surface area (Å²) in [5.41, 5.74) is 4.31. The van der Waals surface area contributed by atoms with E-state index in [1.165, 1.54) is 44.1 Å². The molecule has 2 aromatic heterocycles. The highest BCUT2D eigenvalue weighted by Crippen LogP contribution is 2.32. The van der Waals surface area contributed by atoms with Gasteiger partial charge in [-0.05, 0) is 54.0 Å². The highest BCUT2D eigenvalue weighted by Gasteiger charge is 2.29. The molecule has 0 unspecified atom stereocenters. The molecule has 0 saturated heterocycles. The lowest BCUT2D eigenvalue weighted by atomic mass is 9.97. The van der Waals surface area contributed by atoms with Crippen LogP contribution in [0.4, 0.5) is 0 Å². The Kier molecular flexibility index (Phi) is 9.67. The van der Waals surface area contributed by atoms with Gasteiger partial charge in [-0.2, -0.15) is 10.3 Å². The predicted molar refractivity (Wildman–Crippen MR) is 161 cm³/mol. The van der Waals surface area contributed by atoms with Gasteiger partial charge in [0.25, 0.3) is 0 Å². The van der Waals surface area contributed by atoms with Gasteiger partial charge in [0.15, 0.2) is 0 Å². The fraction of sp³-hybridized carbons (Fsp3) is 0.545. The Hall–Kier alpha value is -3.43. The van der Waals surface area contributed by atoms with Gasteiger partial charge in [-0.15, -0.1) is 10.2 Å². The number of aromatic amines is 1. The van der Waals surface area contributed by atoms with E-state index in [1.54, 1.807) is 0 Å². The summed E-state index contributed by atoms with van der Waals surface area (Å²) in [6.45, 7) is 3.05. The van der Waals surface area contributed by atoms with E-state index >= 15 is 0 Å². The van der Waals surface area contributed by atoms with Crippen molar-refractivity contribution in [1.82, 2.24) is 35.4 Å². The summed E-state index contributed by atoms with van der Waals surface area (Å²) in [5.74, 6) is 2.23. The molecule has 2 aromatic carbocycles. The standard InChI is InChI=1S/C33H43N7O2/c1-2-3-22-40-30(23-24-18-20-25(21-19-24)28-16-10-11-17-29(28)31-35-38-39-36-31)34-32(37-40)33(41-26-12-6-4-7-13-26)42-27-14-8-5-9-15-27/h10-11,16-21,26-27,33H,2-9,12-15,22-23H2,1H3,(H,35,36,38,39). The van der Waals surface area contributed by atoms with E-state index in [0.29, 0.717) is 18.1 Å². The van der Waals surface area contributed by atoms with Crippen molar-refractivity contribution in [2.24, 2.45) is 0 Å². The maximum atomic E-state index is 6.63. The van der Waals surface area contributed by atoms with Crippen molar-refractivity contribution in [2.75, 3.05) is 0 Å². The number of nitrogens with one attached hydrogen (secondary N) is 1. The molecule has 4 aromatic rings. The van der Waals surface area contributed by atoms with Crippen LogP contribution < -0.4 is 0 Å². The Bertz CT molecular complexity index is 1350. The highest BCUT2D eigenvalue weighted by molar-refractivity contribution is 5.80. The van der Waals surface area contributed by atoms with Gasteiger partial charge in [-0.1, -0.05) is 100 Å². The Morgan fingerprint density at radius 2 is 1.52 bits per heavy atom. The predicted octanol–water partition coefficient (Wildman–Crippen LogP) is 7.21. The summed E-state index contributed by atoms with van der Waals surface area (Å²) in [5, 5.41) is 19.7. The molecule has 0 spiro atoms. The zero-order valence-corrected chi connectivity index (χ0v) is 24.8. The molecule has 9 heteroatoms. The van der Waals surface area contributed by atoms with E-state index in [9.17, 15) is 0 Å². The second-order valence-corrected chi connectivity index (χ2v) is 11.7.